The van der Waals surface area contributed by atoms with Gasteiger partial charge in [0, 0.05) is 0 Å². The second kappa shape index (κ2) is 4.12. The van der Waals surface area contributed by atoms with E-state index in [0.717, 1.165) is 27.4 Å². The average molecular weight is 299 g/mol. The first-order chi connectivity index (χ1) is 8.54. The molecule has 2 aromatic heterocycles. The summed E-state index contributed by atoms with van der Waals surface area (Å²) in [5, 5.41) is 1.52. The molecule has 4 nitrogen and oxygen atoms in total. The molecule has 0 fully saturated rings. The van der Waals surface area contributed by atoms with Crippen LogP contribution in [0.4, 0.5) is 5.13 Å². The van der Waals surface area contributed by atoms with E-state index < -0.39 is 0 Å². The summed E-state index contributed by atoms with van der Waals surface area (Å²) in [6, 6.07) is 3.49. The first-order valence-electron chi connectivity index (χ1n) is 5.12. The molecule has 0 aliphatic carbocycles. The van der Waals surface area contributed by atoms with E-state index in [9.17, 15) is 0 Å². The Kier molecular flexibility index (Phi) is 2.69. The summed E-state index contributed by atoms with van der Waals surface area (Å²) in [4.78, 5) is 12.8. The van der Waals surface area contributed by atoms with Gasteiger partial charge in [-0.05, 0) is 19.1 Å². The number of aromatic nitrogens is 3. The summed E-state index contributed by atoms with van der Waals surface area (Å²) in [6.07, 6.45) is 0. The van der Waals surface area contributed by atoms with Gasteiger partial charge in [0.05, 0.1) is 31.6 Å². The van der Waals surface area contributed by atoms with Gasteiger partial charge >= 0.3 is 0 Å². The number of hydrogen-bond donors (Lipinski definition) is 2. The van der Waals surface area contributed by atoms with Crippen LogP contribution in [0.15, 0.2) is 12.1 Å². The van der Waals surface area contributed by atoms with E-state index in [1.165, 1.54) is 11.3 Å². The average Bonchev–Trinajstić information content (AvgIpc) is 2.82. The Balaban J connectivity index is 2.22. The lowest BCUT2D eigenvalue weighted by Gasteiger charge is -1.93. The second-order valence-electron chi connectivity index (χ2n) is 3.84. The van der Waals surface area contributed by atoms with Crippen molar-refractivity contribution in [2.75, 3.05) is 5.73 Å². The molecule has 3 rings (SSSR count). The number of benzene rings is 1. The van der Waals surface area contributed by atoms with Crippen molar-refractivity contribution in [2.24, 2.45) is 0 Å². The third kappa shape index (κ3) is 1.84. The number of rotatable bonds is 1. The molecule has 0 bridgehead atoms. The fourth-order valence-electron chi connectivity index (χ4n) is 1.75. The van der Waals surface area contributed by atoms with E-state index in [0.29, 0.717) is 15.2 Å². The highest BCUT2D eigenvalue weighted by molar-refractivity contribution is 7.18. The number of halogens is 2. The van der Waals surface area contributed by atoms with Crippen LogP contribution in [-0.4, -0.2) is 15.0 Å². The van der Waals surface area contributed by atoms with E-state index >= 15 is 0 Å². The van der Waals surface area contributed by atoms with Crippen molar-refractivity contribution in [3.8, 4) is 10.7 Å². The third-order valence-electron chi connectivity index (χ3n) is 2.55. The molecule has 0 saturated carbocycles. The summed E-state index contributed by atoms with van der Waals surface area (Å²) in [6.45, 7) is 1.90. The van der Waals surface area contributed by atoms with Gasteiger partial charge in [-0.15, -0.1) is 0 Å². The van der Waals surface area contributed by atoms with Crippen molar-refractivity contribution in [2.45, 2.75) is 6.92 Å². The van der Waals surface area contributed by atoms with Crippen LogP contribution in [0.3, 0.4) is 0 Å². The van der Waals surface area contributed by atoms with Crippen LogP contribution in [0.2, 0.25) is 10.0 Å². The van der Waals surface area contributed by atoms with E-state index in [1.54, 1.807) is 12.1 Å². The Morgan fingerprint density at radius 2 is 1.94 bits per heavy atom. The largest absolute Gasteiger partial charge is 0.375 e. The Morgan fingerprint density at radius 3 is 2.61 bits per heavy atom. The molecule has 3 N–H and O–H groups in total. The number of hydrogen-bond acceptors (Lipinski definition) is 4. The van der Waals surface area contributed by atoms with Crippen LogP contribution < -0.4 is 5.73 Å². The minimum absolute atomic E-state index is 0.489. The molecule has 92 valence electrons. The lowest BCUT2D eigenvalue weighted by Crippen LogP contribution is -1.81. The molecule has 0 unspecified atom stereocenters. The van der Waals surface area contributed by atoms with E-state index in [-0.39, 0.29) is 0 Å². The highest BCUT2D eigenvalue weighted by Gasteiger charge is 2.13. The normalized spacial score (nSPS) is 11.3. The number of nitrogens with one attached hydrogen (secondary N) is 1. The lowest BCUT2D eigenvalue weighted by atomic mass is 10.3. The first-order valence-corrected chi connectivity index (χ1v) is 6.70. The van der Waals surface area contributed by atoms with Crippen LogP contribution in [0.25, 0.3) is 21.7 Å². The summed E-state index contributed by atoms with van der Waals surface area (Å²) in [7, 11) is 0. The number of aromatic amines is 1. The fourth-order valence-corrected chi connectivity index (χ4v) is 2.85. The quantitative estimate of drug-likeness (QED) is 0.716. The monoisotopic (exact) mass is 298 g/mol. The maximum atomic E-state index is 5.97. The zero-order chi connectivity index (χ0) is 12.9. The Bertz CT molecular complexity index is 708. The topological polar surface area (TPSA) is 67.6 Å². The van der Waals surface area contributed by atoms with Crippen LogP contribution in [-0.2, 0) is 0 Å². The number of imidazole rings is 1. The molecule has 0 radical (unpaired) electrons. The van der Waals surface area contributed by atoms with Crippen molar-refractivity contribution >= 4 is 50.7 Å². The predicted molar refractivity (Wildman–Crippen MR) is 76.4 cm³/mol. The maximum Gasteiger partial charge on any atom is 0.180 e. The van der Waals surface area contributed by atoms with Gasteiger partial charge in [0.15, 0.2) is 11.0 Å². The molecule has 7 heteroatoms. The SMILES string of the molecule is Cc1nc(N)sc1-c1nc2cc(Cl)c(Cl)cc2[nH]1. The van der Waals surface area contributed by atoms with Crippen LogP contribution in [0.5, 0.6) is 0 Å². The van der Waals surface area contributed by atoms with Gasteiger partial charge in [0.1, 0.15) is 0 Å². The smallest absolute Gasteiger partial charge is 0.180 e. The zero-order valence-electron chi connectivity index (χ0n) is 9.29. The number of H-pyrrole nitrogens is 1. The number of fused-ring (bicyclic) bond motifs is 1. The molecule has 0 aliphatic heterocycles. The second-order valence-corrected chi connectivity index (χ2v) is 5.68. The third-order valence-corrected chi connectivity index (χ3v) is 4.27. The molecule has 0 amide bonds. The van der Waals surface area contributed by atoms with Gasteiger partial charge in [0.25, 0.3) is 0 Å². The van der Waals surface area contributed by atoms with Gasteiger partial charge in [0.2, 0.25) is 0 Å². The molecule has 0 aliphatic rings. The van der Waals surface area contributed by atoms with Crippen molar-refractivity contribution in [3.05, 3.63) is 27.9 Å². The Hall–Kier alpha value is -1.30. The maximum absolute atomic E-state index is 5.97. The van der Waals surface area contributed by atoms with E-state index in [2.05, 4.69) is 15.0 Å². The highest BCUT2D eigenvalue weighted by Crippen LogP contribution is 2.32. The number of nitrogens with zero attached hydrogens (tertiary/aromatic N) is 2. The van der Waals surface area contributed by atoms with Gasteiger partial charge < -0.3 is 10.7 Å². The molecule has 3 aromatic rings. The minimum atomic E-state index is 0.489. The lowest BCUT2D eigenvalue weighted by molar-refractivity contribution is 1.25. The first kappa shape index (κ1) is 11.8. The number of aryl methyl sites for hydroxylation is 1. The number of anilines is 1. The van der Waals surface area contributed by atoms with E-state index in [1.807, 2.05) is 6.92 Å². The zero-order valence-corrected chi connectivity index (χ0v) is 11.6. The van der Waals surface area contributed by atoms with E-state index in [4.69, 9.17) is 28.9 Å². The van der Waals surface area contributed by atoms with Crippen molar-refractivity contribution in [1.29, 1.82) is 0 Å². The van der Waals surface area contributed by atoms with Gasteiger partial charge in [-0.2, -0.15) is 0 Å². The number of nitrogens with two attached hydrogens (primary N) is 1. The number of thiazole rings is 1. The van der Waals surface area contributed by atoms with Crippen molar-refractivity contribution in [3.63, 3.8) is 0 Å². The minimum Gasteiger partial charge on any atom is -0.375 e. The molecule has 0 atom stereocenters. The Morgan fingerprint density at radius 1 is 1.22 bits per heavy atom. The van der Waals surface area contributed by atoms with Crippen LogP contribution >= 0.6 is 34.5 Å². The van der Waals surface area contributed by atoms with Gasteiger partial charge in [-0.25, -0.2) is 9.97 Å². The van der Waals surface area contributed by atoms with Crippen LogP contribution in [0, 0.1) is 6.92 Å². The fraction of sp³-hybridized carbons (Fsp3) is 0.0909. The molecule has 0 spiro atoms. The van der Waals surface area contributed by atoms with Crippen LogP contribution in [0.1, 0.15) is 5.69 Å². The highest BCUT2D eigenvalue weighted by atomic mass is 35.5. The summed E-state index contributed by atoms with van der Waals surface area (Å²) >= 11 is 13.3. The van der Waals surface area contributed by atoms with Gasteiger partial charge in [-0.1, -0.05) is 34.5 Å². The number of nitrogen functional groups attached to an aromatic ring is 1. The molecular formula is C11H8Cl2N4S. The van der Waals surface area contributed by atoms with Crippen molar-refractivity contribution in [1.82, 2.24) is 15.0 Å². The molecule has 18 heavy (non-hydrogen) atoms. The summed E-state index contributed by atoms with van der Waals surface area (Å²) in [5.74, 6) is 0.732. The molecular weight excluding hydrogens is 291 g/mol. The molecule has 2 heterocycles. The predicted octanol–water partition coefficient (Wildman–Crippen LogP) is 3.88. The van der Waals surface area contributed by atoms with Gasteiger partial charge in [-0.3, -0.25) is 0 Å². The Labute approximate surface area is 117 Å². The van der Waals surface area contributed by atoms with Crippen molar-refractivity contribution < 1.29 is 0 Å². The summed E-state index contributed by atoms with van der Waals surface area (Å²) in [5.41, 5.74) is 8.15. The molecule has 1 aromatic carbocycles. The summed E-state index contributed by atoms with van der Waals surface area (Å²) < 4.78 is 0. The molecule has 0 saturated heterocycles. The standard InChI is InChI=1S/C11H8Cl2N4S/c1-4-9(18-11(14)15-4)10-16-7-2-5(12)6(13)3-8(7)17-10/h2-3H,1H3,(H2,14,15)(H,16,17).